The van der Waals surface area contributed by atoms with Gasteiger partial charge < -0.3 is 10.6 Å². The number of nitrogens with one attached hydrogen (secondary N) is 2. The van der Waals surface area contributed by atoms with Crippen molar-refractivity contribution in [3.05, 3.63) is 0 Å². The van der Waals surface area contributed by atoms with Crippen molar-refractivity contribution < 1.29 is 4.79 Å². The summed E-state index contributed by atoms with van der Waals surface area (Å²) in [5, 5.41) is 6.76. The molecule has 2 saturated carbocycles. The van der Waals surface area contributed by atoms with Gasteiger partial charge in [-0.3, -0.25) is 4.79 Å². The zero-order chi connectivity index (χ0) is 13.5. The first kappa shape index (κ1) is 13.4. The lowest BCUT2D eigenvalue weighted by Gasteiger charge is -2.35. The summed E-state index contributed by atoms with van der Waals surface area (Å²) < 4.78 is 0. The molecule has 2 aliphatic carbocycles. The van der Waals surface area contributed by atoms with Gasteiger partial charge in [-0.15, -0.1) is 0 Å². The summed E-state index contributed by atoms with van der Waals surface area (Å²) in [7, 11) is 0. The number of hydrogen-bond donors (Lipinski definition) is 2. The monoisotopic (exact) mass is 264 g/mol. The summed E-state index contributed by atoms with van der Waals surface area (Å²) in [6.45, 7) is 5.74. The lowest BCUT2D eigenvalue weighted by atomic mass is 9.75. The van der Waals surface area contributed by atoms with E-state index in [9.17, 15) is 4.79 Å². The van der Waals surface area contributed by atoms with Gasteiger partial charge in [-0.05, 0) is 62.3 Å². The number of amides is 1. The van der Waals surface area contributed by atoms with E-state index in [-0.39, 0.29) is 11.9 Å². The van der Waals surface area contributed by atoms with Crippen molar-refractivity contribution in [1.82, 2.24) is 10.6 Å². The van der Waals surface area contributed by atoms with Crippen LogP contribution in [-0.4, -0.2) is 24.5 Å². The Hall–Kier alpha value is -0.570. The molecule has 0 aromatic carbocycles. The average molecular weight is 264 g/mol. The van der Waals surface area contributed by atoms with E-state index in [4.69, 9.17) is 0 Å². The summed E-state index contributed by atoms with van der Waals surface area (Å²) in [5.74, 6) is 1.65. The molecule has 108 valence electrons. The van der Waals surface area contributed by atoms with Crippen LogP contribution in [0.15, 0.2) is 0 Å². The van der Waals surface area contributed by atoms with Crippen LogP contribution >= 0.6 is 0 Å². The van der Waals surface area contributed by atoms with E-state index >= 15 is 0 Å². The zero-order valence-electron chi connectivity index (χ0n) is 12.4. The number of fused-ring (bicyclic) bond motifs is 1. The molecule has 3 aliphatic rings. The Morgan fingerprint density at radius 3 is 2.63 bits per heavy atom. The van der Waals surface area contributed by atoms with E-state index < -0.39 is 0 Å². The Labute approximate surface area is 116 Å². The fourth-order valence-corrected chi connectivity index (χ4v) is 4.31. The number of carbonyl (C=O) groups is 1. The highest BCUT2D eigenvalue weighted by molar-refractivity contribution is 5.82. The number of carbonyl (C=O) groups excluding carboxylic acids is 1. The summed E-state index contributed by atoms with van der Waals surface area (Å²) >= 11 is 0. The quantitative estimate of drug-likeness (QED) is 0.804. The molecule has 3 atom stereocenters. The van der Waals surface area contributed by atoms with Crippen molar-refractivity contribution in [2.24, 2.45) is 17.3 Å². The molecule has 0 aromatic heterocycles. The first-order chi connectivity index (χ1) is 9.05. The highest BCUT2D eigenvalue weighted by Gasteiger charge is 2.42. The van der Waals surface area contributed by atoms with Gasteiger partial charge in [-0.2, -0.15) is 0 Å². The third-order valence-corrected chi connectivity index (χ3v) is 5.71. The van der Waals surface area contributed by atoms with Crippen LogP contribution in [0.4, 0.5) is 0 Å². The Bertz CT molecular complexity index is 343. The van der Waals surface area contributed by atoms with E-state index in [2.05, 4.69) is 24.5 Å². The molecule has 1 heterocycles. The summed E-state index contributed by atoms with van der Waals surface area (Å²) in [6, 6.07) is 0.519. The third-order valence-electron chi connectivity index (χ3n) is 5.71. The summed E-state index contributed by atoms with van der Waals surface area (Å²) in [6.07, 6.45) is 8.66. The molecule has 1 amide bonds. The standard InChI is InChI=1S/C16H28N2O/c1-16(2)8-6-12(7-9-16)18-15(19)14-13-5-3-4-11(13)10-17-14/h11-14,17H,3-10H2,1-2H3,(H,18,19). The van der Waals surface area contributed by atoms with Crippen molar-refractivity contribution in [3.63, 3.8) is 0 Å². The summed E-state index contributed by atoms with van der Waals surface area (Å²) in [4.78, 5) is 12.4. The van der Waals surface area contributed by atoms with Crippen molar-refractivity contribution in [1.29, 1.82) is 0 Å². The van der Waals surface area contributed by atoms with E-state index in [1.807, 2.05) is 0 Å². The third kappa shape index (κ3) is 2.81. The van der Waals surface area contributed by atoms with E-state index in [1.165, 1.54) is 32.1 Å². The SMILES string of the molecule is CC1(C)CCC(NC(=O)C2NCC3CCCC32)CC1. The molecule has 0 spiro atoms. The molecule has 1 saturated heterocycles. The fourth-order valence-electron chi connectivity index (χ4n) is 4.31. The van der Waals surface area contributed by atoms with Crippen LogP contribution in [0, 0.1) is 17.3 Å². The predicted molar refractivity (Wildman–Crippen MR) is 76.8 cm³/mol. The molecule has 3 nitrogen and oxygen atoms in total. The van der Waals surface area contributed by atoms with Crippen LogP contribution in [0.25, 0.3) is 0 Å². The lowest BCUT2D eigenvalue weighted by molar-refractivity contribution is -0.124. The molecular weight excluding hydrogens is 236 g/mol. The van der Waals surface area contributed by atoms with Gasteiger partial charge in [-0.1, -0.05) is 20.3 Å². The summed E-state index contributed by atoms with van der Waals surface area (Å²) in [5.41, 5.74) is 0.476. The topological polar surface area (TPSA) is 41.1 Å². The maximum atomic E-state index is 12.4. The fraction of sp³-hybridized carbons (Fsp3) is 0.938. The van der Waals surface area contributed by atoms with E-state index in [0.29, 0.717) is 17.4 Å². The molecular formula is C16H28N2O. The molecule has 1 aliphatic heterocycles. The Morgan fingerprint density at radius 2 is 1.89 bits per heavy atom. The second-order valence-corrected chi connectivity index (χ2v) is 7.69. The van der Waals surface area contributed by atoms with Crippen LogP contribution in [0.1, 0.15) is 58.8 Å². The van der Waals surface area contributed by atoms with Gasteiger partial charge in [-0.25, -0.2) is 0 Å². The van der Waals surface area contributed by atoms with E-state index in [0.717, 1.165) is 25.3 Å². The molecule has 19 heavy (non-hydrogen) atoms. The minimum Gasteiger partial charge on any atom is -0.352 e. The van der Waals surface area contributed by atoms with Gasteiger partial charge in [0.05, 0.1) is 6.04 Å². The number of hydrogen-bond acceptors (Lipinski definition) is 2. The normalized spacial score (nSPS) is 38.1. The highest BCUT2D eigenvalue weighted by Crippen LogP contribution is 2.38. The minimum absolute atomic E-state index is 0.0995. The van der Waals surface area contributed by atoms with Crippen molar-refractivity contribution in [2.45, 2.75) is 70.9 Å². The molecule has 2 N–H and O–H groups in total. The maximum absolute atomic E-state index is 12.4. The maximum Gasteiger partial charge on any atom is 0.237 e. The first-order valence-corrected chi connectivity index (χ1v) is 8.09. The molecule has 0 radical (unpaired) electrons. The van der Waals surface area contributed by atoms with E-state index in [1.54, 1.807) is 0 Å². The molecule has 3 heteroatoms. The van der Waals surface area contributed by atoms with Gasteiger partial charge in [0.25, 0.3) is 0 Å². The van der Waals surface area contributed by atoms with Crippen LogP contribution in [0.2, 0.25) is 0 Å². The highest BCUT2D eigenvalue weighted by atomic mass is 16.2. The first-order valence-electron chi connectivity index (χ1n) is 8.09. The van der Waals surface area contributed by atoms with Crippen LogP contribution in [0.3, 0.4) is 0 Å². The van der Waals surface area contributed by atoms with Gasteiger partial charge >= 0.3 is 0 Å². The number of rotatable bonds is 2. The second kappa shape index (κ2) is 5.08. The largest absolute Gasteiger partial charge is 0.352 e. The average Bonchev–Trinajstić information content (AvgIpc) is 2.93. The molecule has 0 bridgehead atoms. The zero-order valence-corrected chi connectivity index (χ0v) is 12.4. The smallest absolute Gasteiger partial charge is 0.237 e. The molecule has 3 fully saturated rings. The van der Waals surface area contributed by atoms with Crippen molar-refractivity contribution in [2.75, 3.05) is 6.54 Å². The van der Waals surface area contributed by atoms with Gasteiger partial charge in [0.15, 0.2) is 0 Å². The van der Waals surface area contributed by atoms with Crippen LogP contribution in [-0.2, 0) is 4.79 Å². The minimum atomic E-state index is 0.0995. The Kier molecular flexibility index (Phi) is 3.59. The Balaban J connectivity index is 1.52. The Morgan fingerprint density at radius 1 is 1.16 bits per heavy atom. The molecule has 0 aromatic rings. The predicted octanol–water partition coefficient (Wildman–Crippen LogP) is 2.46. The second-order valence-electron chi connectivity index (χ2n) is 7.69. The van der Waals surface area contributed by atoms with Gasteiger partial charge in [0.1, 0.15) is 0 Å². The molecule has 3 unspecified atom stereocenters. The van der Waals surface area contributed by atoms with Crippen LogP contribution in [0.5, 0.6) is 0 Å². The molecule has 3 rings (SSSR count). The lowest BCUT2D eigenvalue weighted by Crippen LogP contribution is -2.49. The van der Waals surface area contributed by atoms with Gasteiger partial charge in [0.2, 0.25) is 5.91 Å². The van der Waals surface area contributed by atoms with Crippen molar-refractivity contribution in [3.8, 4) is 0 Å². The van der Waals surface area contributed by atoms with Gasteiger partial charge in [0, 0.05) is 6.04 Å². The van der Waals surface area contributed by atoms with Crippen LogP contribution < -0.4 is 10.6 Å². The van der Waals surface area contributed by atoms with Crippen molar-refractivity contribution >= 4 is 5.91 Å².